The van der Waals surface area contributed by atoms with E-state index in [0.29, 0.717) is 87.1 Å². The summed E-state index contributed by atoms with van der Waals surface area (Å²) in [5, 5.41) is 27.1. The van der Waals surface area contributed by atoms with Crippen molar-refractivity contribution in [3.8, 4) is 17.2 Å². The summed E-state index contributed by atoms with van der Waals surface area (Å²) < 4.78 is 93.0. The number of aldehydes is 1. The third-order valence-corrected chi connectivity index (χ3v) is 13.3. The van der Waals surface area contributed by atoms with Crippen molar-refractivity contribution < 1.29 is 65.4 Å². The van der Waals surface area contributed by atoms with E-state index in [-0.39, 0.29) is 82.5 Å². The number of fused-ring (bicyclic) bond motifs is 3. The highest BCUT2D eigenvalue weighted by Gasteiger charge is 2.30. The number of aliphatic hydroxyl groups is 2. The molecule has 9 rings (SSSR count). The Bertz CT molecular complexity index is 2710. The Hall–Kier alpha value is -5.67. The predicted molar refractivity (Wildman–Crippen MR) is 321 cm³/mol. The average Bonchev–Trinajstić information content (AvgIpc) is 4.28. The maximum Gasteiger partial charge on any atom is 0.410 e. The number of nitrogens with one attached hydrogen (secondary N) is 3. The smallest absolute Gasteiger partial charge is 0.410 e. The van der Waals surface area contributed by atoms with Gasteiger partial charge < -0.3 is 55.6 Å². The summed E-state index contributed by atoms with van der Waals surface area (Å²) in [6.45, 7) is 22.9. The number of aliphatic hydroxyl groups excluding tert-OH is 2. The van der Waals surface area contributed by atoms with Gasteiger partial charge in [-0.2, -0.15) is 0 Å². The number of hydrogen-bond donors (Lipinski definition) is 6. The van der Waals surface area contributed by atoms with Gasteiger partial charge in [0.25, 0.3) is 0 Å². The number of epoxide rings is 1. The van der Waals surface area contributed by atoms with Crippen LogP contribution in [0.25, 0.3) is 0 Å². The minimum absolute atomic E-state index is 0. The van der Waals surface area contributed by atoms with E-state index < -0.39 is 29.1 Å². The van der Waals surface area contributed by atoms with Crippen molar-refractivity contribution >= 4 is 48.0 Å². The SMILES string of the molecule is CC[C@@H](O)CN.CC[C@@H](O)CNCc1cncc(F)c1Cl.CC[C@@H]1CN(C(=O)OC(C)(C)C)Cc2cncc(F)c2O1.CC[C@@H]1CNCc2cncc(F)c2O1.CC[C@@H]1CNCc2cncc(F)c2O1.CC[C@@H]1CO1.Cl.O=Cc1cncc(F)c1Cl. The molecule has 0 aliphatic carbocycles. The summed E-state index contributed by atoms with van der Waals surface area (Å²) in [6, 6.07) is 0. The van der Waals surface area contributed by atoms with Crippen LogP contribution < -0.4 is 35.9 Å². The number of nitrogens with two attached hydrogens (primary N) is 1. The Labute approximate surface area is 517 Å². The summed E-state index contributed by atoms with van der Waals surface area (Å²) in [6.07, 6.45) is 17.9. The number of amides is 1. The molecular formula is C59H84Cl3F5N10O9. The summed E-state index contributed by atoms with van der Waals surface area (Å²) in [5.41, 5.74) is 7.26. The lowest BCUT2D eigenvalue weighted by atomic mass is 10.2. The standard InChI is InChI=1S/C15H21FN2O3.C10H14ClFN2O.2C10H13FN2O.C6H3ClFNO.C4H11NO.C4H8O.ClH/c1-5-11-9-18(14(19)21-15(2,3)4)8-10-6-17-7-12(16)13(10)20-11;1-2-8(15)5-13-3-7-4-14-6-9(12)10(7)11;2*1-2-8-5-12-3-7-4-13-6-9(11)10(7)14-8;7-6-4(3-10)1-9-2-5(6)8;1-2-4(6)3-5;1-2-4-3-5-4;/h6-7,11H,5,8-9H2,1-4H3;4,6,8,13,15H,2-3,5H2,1H3;2*4,6,8,12H,2-3,5H2,1H3;1-3H;4,6H,2-3,5H2,1H3;4H,2-3H2,1H3;1H/t11-;3*8-;;2*4-;/m1111.11./s1. The van der Waals surface area contributed by atoms with Crippen LogP contribution in [0.1, 0.15) is 133 Å². The van der Waals surface area contributed by atoms with Crippen molar-refractivity contribution in [2.24, 2.45) is 5.73 Å². The molecule has 4 aliphatic heterocycles. The number of halogens is 8. The molecule has 0 unspecified atom stereocenters. The molecule has 9 heterocycles. The fourth-order valence-electron chi connectivity index (χ4n) is 7.24. The Balaban J connectivity index is 0.000000354. The molecular weight excluding hydrogens is 1190 g/mol. The van der Waals surface area contributed by atoms with Crippen molar-refractivity contribution in [3.05, 3.63) is 129 Å². The number of hydrogen-bond acceptors (Lipinski definition) is 18. The van der Waals surface area contributed by atoms with Gasteiger partial charge in [0.2, 0.25) is 0 Å². The van der Waals surface area contributed by atoms with Gasteiger partial charge in [0.05, 0.1) is 84.6 Å². The van der Waals surface area contributed by atoms with E-state index in [0.717, 1.165) is 68.7 Å². The molecule has 19 nitrogen and oxygen atoms in total. The number of carbonyl (C=O) groups excluding carboxylic acids is 2. The third kappa shape index (κ3) is 27.6. The zero-order valence-corrected chi connectivity index (χ0v) is 52.5. The highest BCUT2D eigenvalue weighted by molar-refractivity contribution is 6.33. The molecule has 5 aromatic heterocycles. The largest absolute Gasteiger partial charge is 0.486 e. The van der Waals surface area contributed by atoms with E-state index in [2.05, 4.69) is 47.8 Å². The number of nitrogens with zero attached hydrogens (tertiary/aromatic N) is 6. The van der Waals surface area contributed by atoms with E-state index in [1.165, 1.54) is 42.3 Å². The molecule has 0 radical (unpaired) electrons. The van der Waals surface area contributed by atoms with Gasteiger partial charge in [0.15, 0.2) is 52.6 Å². The number of rotatable bonds is 12. The normalized spacial score (nSPS) is 17.6. The van der Waals surface area contributed by atoms with Gasteiger partial charge in [-0.05, 0) is 59.3 Å². The van der Waals surface area contributed by atoms with Gasteiger partial charge in [0, 0.05) is 99.1 Å². The minimum Gasteiger partial charge on any atom is -0.486 e. The quantitative estimate of drug-likeness (QED) is 0.0386. The van der Waals surface area contributed by atoms with E-state index in [1.54, 1.807) is 12.4 Å². The molecule has 0 bridgehead atoms. The minimum atomic E-state index is -0.675. The van der Waals surface area contributed by atoms with Crippen LogP contribution >= 0.6 is 35.6 Å². The summed E-state index contributed by atoms with van der Waals surface area (Å²) >= 11 is 11.1. The second-order valence-corrected chi connectivity index (χ2v) is 21.2. The topological polar surface area (TPSA) is 254 Å². The van der Waals surface area contributed by atoms with Crippen molar-refractivity contribution in [2.75, 3.05) is 39.3 Å². The first kappa shape index (κ1) is 76.4. The van der Waals surface area contributed by atoms with E-state index in [1.807, 2.05) is 55.4 Å². The molecule has 4 aliphatic rings. The third-order valence-electron chi connectivity index (χ3n) is 12.5. The van der Waals surface area contributed by atoms with Crippen LogP contribution in [0.2, 0.25) is 10.0 Å². The molecule has 1 amide bonds. The molecule has 0 spiro atoms. The van der Waals surface area contributed by atoms with Gasteiger partial charge in [0.1, 0.15) is 23.9 Å². The summed E-state index contributed by atoms with van der Waals surface area (Å²) in [7, 11) is 0. The van der Waals surface area contributed by atoms with Crippen molar-refractivity contribution in [1.82, 2.24) is 45.8 Å². The van der Waals surface area contributed by atoms with Gasteiger partial charge in [-0.3, -0.25) is 34.6 Å². The van der Waals surface area contributed by atoms with Crippen LogP contribution in [0.3, 0.4) is 0 Å². The van der Waals surface area contributed by atoms with Crippen LogP contribution in [0.4, 0.5) is 26.7 Å². The van der Waals surface area contributed by atoms with Crippen LogP contribution in [-0.2, 0) is 35.7 Å². The first-order valence-corrected chi connectivity index (χ1v) is 29.0. The lowest BCUT2D eigenvalue weighted by Crippen LogP contribution is -2.40. The van der Waals surface area contributed by atoms with Crippen molar-refractivity contribution in [2.45, 2.75) is 169 Å². The molecule has 6 atom stereocenters. The van der Waals surface area contributed by atoms with Crippen molar-refractivity contribution in [3.63, 3.8) is 0 Å². The predicted octanol–water partition coefficient (Wildman–Crippen LogP) is 10.4. The van der Waals surface area contributed by atoms with Crippen LogP contribution in [0.15, 0.2) is 62.0 Å². The second kappa shape index (κ2) is 40.7. The Kier molecular flexibility index (Phi) is 36.2. The molecule has 0 saturated carbocycles. The first-order chi connectivity index (χ1) is 40.6. The Morgan fingerprint density at radius 1 is 0.686 bits per heavy atom. The van der Waals surface area contributed by atoms with E-state index >= 15 is 0 Å². The number of carbonyl (C=O) groups is 2. The van der Waals surface area contributed by atoms with Crippen LogP contribution in [0, 0.1) is 29.1 Å². The lowest BCUT2D eigenvalue weighted by Gasteiger charge is -2.27. The summed E-state index contributed by atoms with van der Waals surface area (Å²) in [5.74, 6) is -1.54. The number of pyridine rings is 5. The van der Waals surface area contributed by atoms with E-state index in [4.69, 9.17) is 57.7 Å². The van der Waals surface area contributed by atoms with Gasteiger partial charge in [-0.25, -0.2) is 26.7 Å². The molecule has 480 valence electrons. The lowest BCUT2D eigenvalue weighted by molar-refractivity contribution is 0.0176. The number of ether oxygens (including phenoxy) is 5. The Morgan fingerprint density at radius 3 is 1.52 bits per heavy atom. The molecule has 1 fully saturated rings. The van der Waals surface area contributed by atoms with Gasteiger partial charge in [-0.1, -0.05) is 64.7 Å². The number of aromatic nitrogens is 5. The highest BCUT2D eigenvalue weighted by Crippen LogP contribution is 2.30. The highest BCUT2D eigenvalue weighted by atomic mass is 35.5. The zero-order chi connectivity index (χ0) is 63.1. The maximum atomic E-state index is 13.8. The first-order valence-electron chi connectivity index (χ1n) is 28.2. The monoisotopic (exact) mass is 1280 g/mol. The summed E-state index contributed by atoms with van der Waals surface area (Å²) in [4.78, 5) is 42.4. The zero-order valence-electron chi connectivity index (χ0n) is 50.2. The molecule has 0 aromatic carbocycles. The van der Waals surface area contributed by atoms with Crippen LogP contribution in [-0.4, -0.2) is 134 Å². The van der Waals surface area contributed by atoms with E-state index in [9.17, 15) is 36.6 Å². The average molecular weight is 1280 g/mol. The van der Waals surface area contributed by atoms with Gasteiger partial charge in [-0.15, -0.1) is 12.4 Å². The molecule has 5 aromatic rings. The molecule has 1 saturated heterocycles. The second-order valence-electron chi connectivity index (χ2n) is 20.5. The molecule has 86 heavy (non-hydrogen) atoms. The van der Waals surface area contributed by atoms with Crippen LogP contribution in [0.5, 0.6) is 17.2 Å². The molecule has 7 N–H and O–H groups in total. The fourth-order valence-corrected chi connectivity index (χ4v) is 7.55. The Morgan fingerprint density at radius 2 is 1.12 bits per heavy atom. The fraction of sp³-hybridized carbons (Fsp3) is 0.542. The molecule has 27 heteroatoms. The maximum absolute atomic E-state index is 13.8. The van der Waals surface area contributed by atoms with Crippen molar-refractivity contribution in [1.29, 1.82) is 0 Å². The van der Waals surface area contributed by atoms with Gasteiger partial charge >= 0.3 is 6.09 Å².